The van der Waals surface area contributed by atoms with Gasteiger partial charge in [0.1, 0.15) is 11.5 Å². The third-order valence-corrected chi connectivity index (χ3v) is 5.05. The van der Waals surface area contributed by atoms with Gasteiger partial charge in [-0.3, -0.25) is 14.5 Å². The molecule has 0 radical (unpaired) electrons. The molecular weight excluding hydrogens is 336 g/mol. The van der Waals surface area contributed by atoms with E-state index in [1.54, 1.807) is 18.7 Å². The molecule has 8 heteroatoms. The summed E-state index contributed by atoms with van der Waals surface area (Å²) in [6.07, 6.45) is 2.01. The topological polar surface area (TPSA) is 92.7 Å². The van der Waals surface area contributed by atoms with Crippen LogP contribution in [0.3, 0.4) is 0 Å². The lowest BCUT2D eigenvalue weighted by atomic mass is 9.93. The highest BCUT2D eigenvalue weighted by Crippen LogP contribution is 2.30. The lowest BCUT2D eigenvalue weighted by Crippen LogP contribution is -2.48. The molecule has 8 nitrogen and oxygen atoms in total. The molecule has 2 aliphatic rings. The predicted molar refractivity (Wildman–Crippen MR) is 90.9 cm³/mol. The number of furan rings is 1. The largest absolute Gasteiger partial charge is 0.465 e. The number of amides is 1. The molecule has 1 saturated heterocycles. The number of piperazine rings is 1. The summed E-state index contributed by atoms with van der Waals surface area (Å²) < 4.78 is 10.7. The average Bonchev–Trinajstić information content (AvgIpc) is 3.18. The van der Waals surface area contributed by atoms with E-state index in [0.717, 1.165) is 25.9 Å². The van der Waals surface area contributed by atoms with Crippen LogP contribution in [0.4, 0.5) is 0 Å². The molecule has 2 aromatic rings. The van der Waals surface area contributed by atoms with Crippen molar-refractivity contribution in [2.24, 2.45) is 0 Å². The van der Waals surface area contributed by atoms with Crippen LogP contribution < -0.4 is 0 Å². The number of Topliss-reactive ketones (excluding diaryl/α,β-unsaturated/α-hetero) is 1. The van der Waals surface area contributed by atoms with Gasteiger partial charge >= 0.3 is 0 Å². The van der Waals surface area contributed by atoms with Crippen molar-refractivity contribution in [3.8, 4) is 0 Å². The first kappa shape index (κ1) is 17.0. The monoisotopic (exact) mass is 358 g/mol. The van der Waals surface area contributed by atoms with Crippen molar-refractivity contribution in [3.05, 3.63) is 34.4 Å². The van der Waals surface area contributed by atoms with E-state index in [0.29, 0.717) is 60.4 Å². The van der Waals surface area contributed by atoms with E-state index in [2.05, 4.69) is 15.0 Å². The highest BCUT2D eigenvalue weighted by molar-refractivity contribution is 6.10. The van der Waals surface area contributed by atoms with Crippen molar-refractivity contribution in [3.63, 3.8) is 0 Å². The number of ketones is 1. The lowest BCUT2D eigenvalue weighted by molar-refractivity contribution is 0.0619. The van der Waals surface area contributed by atoms with E-state index in [4.69, 9.17) is 8.94 Å². The summed E-state index contributed by atoms with van der Waals surface area (Å²) in [5, 5.41) is 3.91. The maximum Gasteiger partial charge on any atom is 0.258 e. The van der Waals surface area contributed by atoms with Gasteiger partial charge in [-0.1, -0.05) is 5.16 Å². The molecule has 0 spiro atoms. The predicted octanol–water partition coefficient (Wildman–Crippen LogP) is 1.76. The summed E-state index contributed by atoms with van der Waals surface area (Å²) in [4.78, 5) is 33.5. The maximum atomic E-state index is 13.0. The molecule has 0 aromatic carbocycles. The molecule has 4 rings (SSSR count). The molecule has 0 unspecified atom stereocenters. The van der Waals surface area contributed by atoms with E-state index >= 15 is 0 Å². The molecule has 2 aromatic heterocycles. The Labute approximate surface area is 151 Å². The molecule has 26 heavy (non-hydrogen) atoms. The summed E-state index contributed by atoms with van der Waals surface area (Å²) in [6.45, 7) is 6.80. The Balaban J connectivity index is 1.44. The molecular formula is C18H22N4O4. The van der Waals surface area contributed by atoms with Crippen molar-refractivity contribution in [2.45, 2.75) is 39.7 Å². The highest BCUT2D eigenvalue weighted by Gasteiger charge is 2.33. The molecule has 0 atom stereocenters. The Morgan fingerprint density at radius 1 is 1.15 bits per heavy atom. The van der Waals surface area contributed by atoms with E-state index in [1.165, 1.54) is 0 Å². The second-order valence-corrected chi connectivity index (χ2v) is 6.91. The number of nitrogens with zero attached hydrogens (tertiary/aromatic N) is 4. The van der Waals surface area contributed by atoms with Crippen molar-refractivity contribution in [1.29, 1.82) is 0 Å². The minimum atomic E-state index is -0.0993. The fourth-order valence-corrected chi connectivity index (χ4v) is 3.74. The number of rotatable bonds is 3. The second-order valence-electron chi connectivity index (χ2n) is 6.91. The van der Waals surface area contributed by atoms with Crippen LogP contribution in [0.25, 0.3) is 0 Å². The molecule has 3 heterocycles. The third kappa shape index (κ3) is 3.05. The number of aryl methyl sites for hydroxylation is 3. The number of carbonyl (C=O) groups excluding carboxylic acids is 2. The molecule has 1 fully saturated rings. The molecule has 1 aliphatic carbocycles. The summed E-state index contributed by atoms with van der Waals surface area (Å²) >= 11 is 0. The van der Waals surface area contributed by atoms with Gasteiger partial charge in [0.2, 0.25) is 5.89 Å². The van der Waals surface area contributed by atoms with Crippen molar-refractivity contribution < 1.29 is 18.5 Å². The van der Waals surface area contributed by atoms with Gasteiger partial charge in [-0.25, -0.2) is 0 Å². The minimum absolute atomic E-state index is 0.0255. The van der Waals surface area contributed by atoms with Crippen LogP contribution in [0.1, 0.15) is 56.8 Å². The summed E-state index contributed by atoms with van der Waals surface area (Å²) in [7, 11) is 0. The van der Waals surface area contributed by atoms with Crippen LogP contribution in [0.5, 0.6) is 0 Å². The standard InChI is InChI=1S/C18H22N4O4/c1-11-16(17-13(23)4-3-5-14(17)25-11)18(24)22-8-6-21(7-9-22)10-15-19-12(2)26-20-15/h3-10H2,1-2H3. The molecule has 0 N–H and O–H groups in total. The van der Waals surface area contributed by atoms with Gasteiger partial charge in [-0.05, 0) is 13.3 Å². The normalized spacial score (nSPS) is 18.2. The Kier molecular flexibility index (Phi) is 4.36. The SMILES string of the molecule is Cc1nc(CN2CCN(C(=O)c3c(C)oc4c3C(=O)CCC4)CC2)no1. The van der Waals surface area contributed by atoms with Crippen LogP contribution >= 0.6 is 0 Å². The minimum Gasteiger partial charge on any atom is -0.465 e. The number of carbonyl (C=O) groups is 2. The van der Waals surface area contributed by atoms with Crippen molar-refractivity contribution >= 4 is 11.7 Å². The molecule has 0 saturated carbocycles. The molecule has 1 amide bonds. The van der Waals surface area contributed by atoms with Crippen molar-refractivity contribution in [1.82, 2.24) is 19.9 Å². The third-order valence-electron chi connectivity index (χ3n) is 5.05. The first-order chi connectivity index (χ1) is 12.5. The second kappa shape index (κ2) is 6.68. The zero-order valence-electron chi connectivity index (χ0n) is 15.1. The summed E-state index contributed by atoms with van der Waals surface area (Å²) in [5.41, 5.74) is 0.982. The van der Waals surface area contributed by atoms with Gasteiger partial charge in [-0.15, -0.1) is 0 Å². The fourth-order valence-electron chi connectivity index (χ4n) is 3.74. The molecule has 1 aliphatic heterocycles. The smallest absolute Gasteiger partial charge is 0.258 e. The van der Waals surface area contributed by atoms with Crippen LogP contribution in [-0.2, 0) is 13.0 Å². The van der Waals surface area contributed by atoms with Crippen LogP contribution in [0, 0.1) is 13.8 Å². The Morgan fingerprint density at radius 2 is 1.92 bits per heavy atom. The summed E-state index contributed by atoms with van der Waals surface area (Å²) in [6, 6.07) is 0. The Bertz CT molecular complexity index is 845. The zero-order valence-corrected chi connectivity index (χ0v) is 15.1. The first-order valence-corrected chi connectivity index (χ1v) is 8.99. The first-order valence-electron chi connectivity index (χ1n) is 8.99. The van der Waals surface area contributed by atoms with Gasteiger partial charge in [-0.2, -0.15) is 4.98 Å². The van der Waals surface area contributed by atoms with Crippen LogP contribution in [0.15, 0.2) is 8.94 Å². The van der Waals surface area contributed by atoms with E-state index in [1.807, 2.05) is 0 Å². The number of hydrogen-bond donors (Lipinski definition) is 0. The molecule has 138 valence electrons. The lowest BCUT2D eigenvalue weighted by Gasteiger charge is -2.34. The van der Waals surface area contributed by atoms with Crippen LogP contribution in [-0.4, -0.2) is 57.8 Å². The molecule has 0 bridgehead atoms. The Hall–Kier alpha value is -2.48. The maximum absolute atomic E-state index is 13.0. The zero-order chi connectivity index (χ0) is 18.3. The van der Waals surface area contributed by atoms with E-state index in [-0.39, 0.29) is 11.7 Å². The Morgan fingerprint density at radius 3 is 2.62 bits per heavy atom. The number of fused-ring (bicyclic) bond motifs is 1. The fraction of sp³-hybridized carbons (Fsp3) is 0.556. The van der Waals surface area contributed by atoms with Gasteiger partial charge in [0, 0.05) is 45.9 Å². The highest BCUT2D eigenvalue weighted by atomic mass is 16.5. The summed E-state index contributed by atoms with van der Waals surface area (Å²) in [5.74, 6) is 2.37. The van der Waals surface area contributed by atoms with E-state index in [9.17, 15) is 9.59 Å². The van der Waals surface area contributed by atoms with Crippen molar-refractivity contribution in [2.75, 3.05) is 26.2 Å². The quantitative estimate of drug-likeness (QED) is 0.825. The van der Waals surface area contributed by atoms with Gasteiger partial charge in [0.15, 0.2) is 11.6 Å². The van der Waals surface area contributed by atoms with Crippen LogP contribution in [0.2, 0.25) is 0 Å². The van der Waals surface area contributed by atoms with Gasteiger partial charge in [0.05, 0.1) is 17.7 Å². The number of aromatic nitrogens is 2. The van der Waals surface area contributed by atoms with Gasteiger partial charge < -0.3 is 13.8 Å². The average molecular weight is 358 g/mol. The number of hydrogen-bond acceptors (Lipinski definition) is 7. The van der Waals surface area contributed by atoms with E-state index < -0.39 is 0 Å². The van der Waals surface area contributed by atoms with Gasteiger partial charge in [0.25, 0.3) is 5.91 Å².